The van der Waals surface area contributed by atoms with Crippen molar-refractivity contribution in [2.24, 2.45) is 0 Å². The molecule has 5 rings (SSSR count). The number of amides is 1. The van der Waals surface area contributed by atoms with Gasteiger partial charge in [0.1, 0.15) is 5.52 Å². The second kappa shape index (κ2) is 8.48. The molecule has 7 nitrogen and oxygen atoms in total. The fourth-order valence-corrected chi connectivity index (χ4v) is 5.46. The predicted molar refractivity (Wildman–Crippen MR) is 131 cm³/mol. The third-order valence-corrected chi connectivity index (χ3v) is 7.41. The maximum Gasteiger partial charge on any atom is 0.239 e. The van der Waals surface area contributed by atoms with Crippen molar-refractivity contribution in [1.82, 2.24) is 24.7 Å². The van der Waals surface area contributed by atoms with E-state index in [9.17, 15) is 4.79 Å². The molecule has 1 N–H and O–H groups in total. The number of hydrogen-bond donors (Lipinski definition) is 1. The van der Waals surface area contributed by atoms with Crippen molar-refractivity contribution >= 4 is 66.4 Å². The number of aromatic nitrogens is 5. The molecule has 0 unspecified atom stereocenters. The highest BCUT2D eigenvalue weighted by Crippen LogP contribution is 2.32. The molecule has 0 aliphatic rings. The minimum absolute atomic E-state index is 0.107. The number of nitrogens with zero attached hydrogens (tertiary/aromatic N) is 5. The highest BCUT2D eigenvalue weighted by Gasteiger charge is 2.23. The molecule has 0 aliphatic heterocycles. The lowest BCUT2D eigenvalue weighted by molar-refractivity contribution is -0.115. The average molecular weight is 463 g/mol. The number of rotatable bonds is 6. The zero-order chi connectivity index (χ0) is 22.2. The first-order valence-corrected chi connectivity index (χ1v) is 12.2. The number of benzene rings is 2. The van der Waals surface area contributed by atoms with Crippen LogP contribution in [0.3, 0.4) is 0 Å². The number of carbonyl (C=O) groups is 1. The van der Waals surface area contributed by atoms with Crippen LogP contribution in [0.15, 0.2) is 53.7 Å². The SMILES string of the molecule is CC[C@@H](Sc1nnc2c3ccccc3n(C(C)C)c2n1)C(=O)Nc1nc2ccccc2s1. The molecular formula is C23H22N6OS2. The van der Waals surface area contributed by atoms with Gasteiger partial charge >= 0.3 is 0 Å². The van der Waals surface area contributed by atoms with Crippen LogP contribution in [-0.4, -0.2) is 35.9 Å². The van der Waals surface area contributed by atoms with Crippen molar-refractivity contribution in [1.29, 1.82) is 0 Å². The number of thioether (sulfide) groups is 1. The summed E-state index contributed by atoms with van der Waals surface area (Å²) in [6, 6.07) is 16.2. The molecule has 0 aliphatic carbocycles. The molecule has 0 radical (unpaired) electrons. The maximum atomic E-state index is 13.0. The first-order valence-electron chi connectivity index (χ1n) is 10.5. The van der Waals surface area contributed by atoms with Gasteiger partial charge in [0.15, 0.2) is 10.8 Å². The van der Waals surface area contributed by atoms with E-state index in [0.29, 0.717) is 16.7 Å². The smallest absolute Gasteiger partial charge is 0.239 e. The third kappa shape index (κ3) is 3.71. The second-order valence-electron chi connectivity index (χ2n) is 7.74. The molecular weight excluding hydrogens is 440 g/mol. The maximum absolute atomic E-state index is 13.0. The lowest BCUT2D eigenvalue weighted by Gasteiger charge is -2.13. The predicted octanol–water partition coefficient (Wildman–Crippen LogP) is 5.68. The Kier molecular flexibility index (Phi) is 5.52. The van der Waals surface area contributed by atoms with Crippen LogP contribution in [0.1, 0.15) is 33.2 Å². The van der Waals surface area contributed by atoms with E-state index in [-0.39, 0.29) is 17.2 Å². The van der Waals surface area contributed by atoms with E-state index in [1.807, 2.05) is 49.4 Å². The Morgan fingerprint density at radius 2 is 1.88 bits per heavy atom. The van der Waals surface area contributed by atoms with Gasteiger partial charge in [-0.2, -0.15) is 0 Å². The van der Waals surface area contributed by atoms with Crippen LogP contribution in [0.25, 0.3) is 32.3 Å². The summed E-state index contributed by atoms with van der Waals surface area (Å²) in [6.45, 7) is 6.23. The summed E-state index contributed by atoms with van der Waals surface area (Å²) < 4.78 is 3.22. The van der Waals surface area contributed by atoms with E-state index in [1.165, 1.54) is 23.1 Å². The van der Waals surface area contributed by atoms with E-state index in [0.717, 1.165) is 32.3 Å². The molecule has 1 amide bonds. The van der Waals surface area contributed by atoms with Gasteiger partial charge in [-0.1, -0.05) is 60.4 Å². The van der Waals surface area contributed by atoms with Crippen LogP contribution in [0, 0.1) is 0 Å². The zero-order valence-electron chi connectivity index (χ0n) is 17.9. The van der Waals surface area contributed by atoms with Gasteiger partial charge in [0.2, 0.25) is 11.1 Å². The van der Waals surface area contributed by atoms with E-state index in [2.05, 4.69) is 45.0 Å². The minimum Gasteiger partial charge on any atom is -0.321 e. The molecule has 0 fully saturated rings. The molecule has 9 heteroatoms. The number of nitrogens with one attached hydrogen (secondary N) is 1. The molecule has 3 heterocycles. The van der Waals surface area contributed by atoms with Crippen LogP contribution in [-0.2, 0) is 4.79 Å². The largest absolute Gasteiger partial charge is 0.321 e. The molecule has 162 valence electrons. The molecule has 2 aromatic carbocycles. The highest BCUT2D eigenvalue weighted by molar-refractivity contribution is 8.00. The van der Waals surface area contributed by atoms with Gasteiger partial charge in [-0.15, -0.1) is 10.2 Å². The highest BCUT2D eigenvalue weighted by atomic mass is 32.2. The Bertz CT molecular complexity index is 1410. The van der Waals surface area contributed by atoms with E-state index in [4.69, 9.17) is 4.98 Å². The summed E-state index contributed by atoms with van der Waals surface area (Å²) in [6.07, 6.45) is 0.635. The van der Waals surface area contributed by atoms with Gasteiger partial charge < -0.3 is 9.88 Å². The third-order valence-electron chi connectivity index (χ3n) is 5.25. The van der Waals surface area contributed by atoms with Crippen LogP contribution in [0.2, 0.25) is 0 Å². The Morgan fingerprint density at radius 1 is 1.09 bits per heavy atom. The fraction of sp³-hybridized carbons (Fsp3) is 0.261. The summed E-state index contributed by atoms with van der Waals surface area (Å²) in [5.74, 6) is -0.107. The van der Waals surface area contributed by atoms with Gasteiger partial charge in [-0.25, -0.2) is 9.97 Å². The second-order valence-corrected chi connectivity index (χ2v) is 9.94. The summed E-state index contributed by atoms with van der Waals surface area (Å²) >= 11 is 2.80. The van der Waals surface area contributed by atoms with Crippen LogP contribution >= 0.6 is 23.1 Å². The lowest BCUT2D eigenvalue weighted by atomic mass is 10.2. The lowest BCUT2D eigenvalue weighted by Crippen LogP contribution is -2.24. The molecule has 0 spiro atoms. The van der Waals surface area contributed by atoms with E-state index in [1.54, 1.807) is 0 Å². The summed E-state index contributed by atoms with van der Waals surface area (Å²) in [5.41, 5.74) is 3.54. The summed E-state index contributed by atoms with van der Waals surface area (Å²) in [7, 11) is 0. The molecule has 5 aromatic rings. The average Bonchev–Trinajstić information content (AvgIpc) is 3.35. The van der Waals surface area contributed by atoms with Gasteiger partial charge in [0.05, 0.1) is 21.0 Å². The number of thiazole rings is 1. The monoisotopic (exact) mass is 462 g/mol. The van der Waals surface area contributed by atoms with Crippen molar-refractivity contribution in [3.8, 4) is 0 Å². The fourth-order valence-electron chi connectivity index (χ4n) is 3.78. The standard InChI is InChI=1S/C23H22N6OS2/c1-4-17(21(30)26-22-24-15-10-6-8-12-18(15)32-22)31-23-25-20-19(27-28-23)14-9-5-7-11-16(14)29(20)13(2)3/h5-13,17H,4H2,1-3H3,(H,24,26,30)/t17-/m1/s1. The molecule has 1 atom stereocenters. The Morgan fingerprint density at radius 3 is 2.66 bits per heavy atom. The van der Waals surface area contributed by atoms with Crippen molar-refractivity contribution in [3.05, 3.63) is 48.5 Å². The number of para-hydroxylation sites is 2. The van der Waals surface area contributed by atoms with Crippen LogP contribution < -0.4 is 5.32 Å². The normalized spacial score (nSPS) is 12.8. The number of carbonyl (C=O) groups excluding carboxylic acids is 1. The molecule has 0 bridgehead atoms. The molecule has 0 saturated heterocycles. The summed E-state index contributed by atoms with van der Waals surface area (Å²) in [5, 5.41) is 13.6. The Labute approximate surface area is 193 Å². The van der Waals surface area contributed by atoms with Crippen molar-refractivity contribution in [2.75, 3.05) is 5.32 Å². The Hall–Kier alpha value is -3.04. The van der Waals surface area contributed by atoms with Gasteiger partial charge in [-0.3, -0.25) is 4.79 Å². The molecule has 32 heavy (non-hydrogen) atoms. The van der Waals surface area contributed by atoms with Crippen LogP contribution in [0.4, 0.5) is 5.13 Å². The number of hydrogen-bond acceptors (Lipinski definition) is 7. The molecule has 3 aromatic heterocycles. The van der Waals surface area contributed by atoms with Gasteiger partial charge in [0.25, 0.3) is 0 Å². The van der Waals surface area contributed by atoms with E-state index < -0.39 is 0 Å². The first-order chi connectivity index (χ1) is 15.5. The minimum atomic E-state index is -0.349. The number of fused-ring (bicyclic) bond motifs is 4. The topological polar surface area (TPSA) is 85.6 Å². The van der Waals surface area contributed by atoms with Crippen molar-refractivity contribution in [2.45, 2.75) is 43.6 Å². The van der Waals surface area contributed by atoms with E-state index >= 15 is 0 Å². The van der Waals surface area contributed by atoms with Crippen molar-refractivity contribution in [3.63, 3.8) is 0 Å². The quantitative estimate of drug-likeness (QED) is 0.327. The first kappa shape index (κ1) is 20.8. The van der Waals surface area contributed by atoms with Gasteiger partial charge in [0, 0.05) is 11.4 Å². The summed E-state index contributed by atoms with van der Waals surface area (Å²) in [4.78, 5) is 22.3. The zero-order valence-corrected chi connectivity index (χ0v) is 19.6. The Balaban J connectivity index is 1.43. The van der Waals surface area contributed by atoms with Gasteiger partial charge in [-0.05, 0) is 38.5 Å². The number of anilines is 1. The molecule has 0 saturated carbocycles. The van der Waals surface area contributed by atoms with Crippen LogP contribution in [0.5, 0.6) is 0 Å². The van der Waals surface area contributed by atoms with Crippen molar-refractivity contribution < 1.29 is 4.79 Å².